The number of carboxylic acid groups (broad SMARTS) is 1. The zero-order valence-electron chi connectivity index (χ0n) is 11.3. The SMILES string of the molecule is CCN(c1ccc(S(C)(=O)=O)cc1)C(C)CC(=O)O. The molecule has 0 aliphatic heterocycles. The highest BCUT2D eigenvalue weighted by Crippen LogP contribution is 2.21. The fourth-order valence-corrected chi connectivity index (χ4v) is 2.63. The average molecular weight is 285 g/mol. The number of sulfone groups is 1. The van der Waals surface area contributed by atoms with Gasteiger partial charge in [0.05, 0.1) is 11.3 Å². The number of benzene rings is 1. The van der Waals surface area contributed by atoms with Crippen LogP contribution in [0.2, 0.25) is 0 Å². The van der Waals surface area contributed by atoms with Crippen LogP contribution in [0.15, 0.2) is 29.2 Å². The van der Waals surface area contributed by atoms with Crippen LogP contribution in [0.1, 0.15) is 20.3 Å². The van der Waals surface area contributed by atoms with Crippen LogP contribution in [0.3, 0.4) is 0 Å². The predicted octanol–water partition coefficient (Wildman–Crippen LogP) is 1.78. The first-order valence-corrected chi connectivity index (χ1v) is 7.93. The molecule has 0 saturated heterocycles. The Morgan fingerprint density at radius 3 is 2.21 bits per heavy atom. The van der Waals surface area contributed by atoms with E-state index in [-0.39, 0.29) is 17.4 Å². The molecule has 6 heteroatoms. The molecule has 1 rings (SSSR count). The highest BCUT2D eigenvalue weighted by Gasteiger charge is 2.16. The number of carboxylic acids is 1. The number of carbonyl (C=O) groups is 1. The number of anilines is 1. The molecule has 106 valence electrons. The molecule has 1 unspecified atom stereocenters. The Kier molecular flexibility index (Phi) is 4.94. The molecule has 0 aromatic heterocycles. The fourth-order valence-electron chi connectivity index (χ4n) is 2.00. The van der Waals surface area contributed by atoms with E-state index >= 15 is 0 Å². The Morgan fingerprint density at radius 1 is 1.32 bits per heavy atom. The Bertz CT molecular complexity index is 536. The fraction of sp³-hybridized carbons (Fsp3) is 0.462. The summed E-state index contributed by atoms with van der Waals surface area (Å²) in [6.45, 7) is 4.43. The molecular formula is C13H19NO4S. The van der Waals surface area contributed by atoms with Crippen LogP contribution >= 0.6 is 0 Å². The van der Waals surface area contributed by atoms with Gasteiger partial charge in [-0.05, 0) is 38.1 Å². The first kappa shape index (κ1) is 15.5. The van der Waals surface area contributed by atoms with Crippen molar-refractivity contribution in [2.75, 3.05) is 17.7 Å². The van der Waals surface area contributed by atoms with Gasteiger partial charge in [-0.2, -0.15) is 0 Å². The Hall–Kier alpha value is -1.56. The lowest BCUT2D eigenvalue weighted by Crippen LogP contribution is -2.34. The van der Waals surface area contributed by atoms with Gasteiger partial charge in [0.2, 0.25) is 0 Å². The molecule has 5 nitrogen and oxygen atoms in total. The number of aliphatic carboxylic acids is 1. The number of nitrogens with zero attached hydrogens (tertiary/aromatic N) is 1. The van der Waals surface area contributed by atoms with Crippen molar-refractivity contribution < 1.29 is 18.3 Å². The lowest BCUT2D eigenvalue weighted by atomic mass is 10.1. The van der Waals surface area contributed by atoms with Gasteiger partial charge in [-0.3, -0.25) is 4.79 Å². The molecule has 0 aliphatic rings. The first-order chi connectivity index (χ1) is 8.75. The number of hydrogen-bond acceptors (Lipinski definition) is 4. The third-order valence-corrected chi connectivity index (χ3v) is 4.07. The quantitative estimate of drug-likeness (QED) is 0.862. The summed E-state index contributed by atoms with van der Waals surface area (Å²) in [7, 11) is -3.20. The number of hydrogen-bond donors (Lipinski definition) is 1. The first-order valence-electron chi connectivity index (χ1n) is 6.04. The van der Waals surface area contributed by atoms with Crippen molar-refractivity contribution in [1.29, 1.82) is 0 Å². The van der Waals surface area contributed by atoms with Crippen LogP contribution in [-0.2, 0) is 14.6 Å². The van der Waals surface area contributed by atoms with Crippen molar-refractivity contribution in [3.05, 3.63) is 24.3 Å². The smallest absolute Gasteiger partial charge is 0.305 e. The van der Waals surface area contributed by atoms with E-state index in [1.807, 2.05) is 18.7 Å². The minimum atomic E-state index is -3.20. The second-order valence-electron chi connectivity index (χ2n) is 4.50. The Morgan fingerprint density at radius 2 is 1.84 bits per heavy atom. The van der Waals surface area contributed by atoms with Crippen molar-refractivity contribution in [3.63, 3.8) is 0 Å². The van der Waals surface area contributed by atoms with E-state index < -0.39 is 15.8 Å². The van der Waals surface area contributed by atoms with Gasteiger partial charge < -0.3 is 10.0 Å². The summed E-state index contributed by atoms with van der Waals surface area (Å²) in [5.74, 6) is -0.848. The summed E-state index contributed by atoms with van der Waals surface area (Å²) < 4.78 is 22.7. The molecule has 0 spiro atoms. The topological polar surface area (TPSA) is 74.7 Å². The van der Waals surface area contributed by atoms with Crippen molar-refractivity contribution in [2.24, 2.45) is 0 Å². The van der Waals surface area contributed by atoms with E-state index in [9.17, 15) is 13.2 Å². The minimum Gasteiger partial charge on any atom is -0.481 e. The Balaban J connectivity index is 2.97. The molecule has 0 amide bonds. The third kappa shape index (κ3) is 4.24. The monoisotopic (exact) mass is 285 g/mol. The van der Waals surface area contributed by atoms with Crippen LogP contribution < -0.4 is 4.90 Å². The number of rotatable bonds is 6. The molecule has 1 aromatic carbocycles. The summed E-state index contributed by atoms with van der Waals surface area (Å²) >= 11 is 0. The third-order valence-electron chi connectivity index (χ3n) is 2.94. The van der Waals surface area contributed by atoms with Gasteiger partial charge in [0, 0.05) is 24.5 Å². The largest absolute Gasteiger partial charge is 0.481 e. The highest BCUT2D eigenvalue weighted by atomic mass is 32.2. The van der Waals surface area contributed by atoms with Crippen molar-refractivity contribution in [3.8, 4) is 0 Å². The van der Waals surface area contributed by atoms with E-state index in [1.54, 1.807) is 24.3 Å². The lowest BCUT2D eigenvalue weighted by Gasteiger charge is -2.29. The molecule has 0 radical (unpaired) electrons. The van der Waals surface area contributed by atoms with Crippen LogP contribution in [-0.4, -0.2) is 38.3 Å². The highest BCUT2D eigenvalue weighted by molar-refractivity contribution is 7.90. The summed E-state index contributed by atoms with van der Waals surface area (Å²) in [6, 6.07) is 6.35. The summed E-state index contributed by atoms with van der Waals surface area (Å²) in [5, 5.41) is 8.82. The average Bonchev–Trinajstić information content (AvgIpc) is 2.28. The zero-order valence-corrected chi connectivity index (χ0v) is 12.1. The maximum absolute atomic E-state index is 11.4. The van der Waals surface area contributed by atoms with E-state index in [4.69, 9.17) is 5.11 Å². The normalized spacial score (nSPS) is 13.0. The van der Waals surface area contributed by atoms with Gasteiger partial charge in [0.25, 0.3) is 0 Å². The lowest BCUT2D eigenvalue weighted by molar-refractivity contribution is -0.137. The molecule has 0 heterocycles. The maximum atomic E-state index is 11.4. The van der Waals surface area contributed by atoms with Gasteiger partial charge in [-0.25, -0.2) is 8.42 Å². The molecule has 0 aliphatic carbocycles. The molecule has 1 aromatic rings. The van der Waals surface area contributed by atoms with Gasteiger partial charge >= 0.3 is 5.97 Å². The van der Waals surface area contributed by atoms with Crippen molar-refractivity contribution in [2.45, 2.75) is 31.2 Å². The Labute approximate surface area is 113 Å². The minimum absolute atomic E-state index is 0.0433. The van der Waals surface area contributed by atoms with E-state index in [0.29, 0.717) is 6.54 Å². The van der Waals surface area contributed by atoms with E-state index in [0.717, 1.165) is 11.9 Å². The van der Waals surface area contributed by atoms with E-state index in [2.05, 4.69) is 0 Å². The summed E-state index contributed by atoms with van der Waals surface area (Å²) in [5.41, 5.74) is 0.823. The van der Waals surface area contributed by atoms with Crippen LogP contribution in [0, 0.1) is 0 Å². The van der Waals surface area contributed by atoms with Gasteiger partial charge in [-0.15, -0.1) is 0 Å². The van der Waals surface area contributed by atoms with Crippen molar-refractivity contribution in [1.82, 2.24) is 0 Å². The van der Waals surface area contributed by atoms with Crippen LogP contribution in [0.4, 0.5) is 5.69 Å². The van der Waals surface area contributed by atoms with Crippen LogP contribution in [0.5, 0.6) is 0 Å². The second-order valence-corrected chi connectivity index (χ2v) is 6.51. The van der Waals surface area contributed by atoms with Gasteiger partial charge in [-0.1, -0.05) is 0 Å². The van der Waals surface area contributed by atoms with Gasteiger partial charge in [0.1, 0.15) is 0 Å². The maximum Gasteiger partial charge on any atom is 0.305 e. The summed E-state index contributed by atoms with van der Waals surface area (Å²) in [6.07, 6.45) is 1.20. The van der Waals surface area contributed by atoms with Crippen LogP contribution in [0.25, 0.3) is 0 Å². The molecular weight excluding hydrogens is 266 g/mol. The zero-order chi connectivity index (χ0) is 14.6. The molecule has 1 atom stereocenters. The molecule has 0 fully saturated rings. The molecule has 0 bridgehead atoms. The van der Waals surface area contributed by atoms with E-state index in [1.165, 1.54) is 0 Å². The molecule has 19 heavy (non-hydrogen) atoms. The standard InChI is InChI=1S/C13H19NO4S/c1-4-14(10(2)9-13(15)16)11-5-7-12(8-6-11)19(3,17)18/h5-8,10H,4,9H2,1-3H3,(H,15,16). The summed E-state index contributed by atoms with van der Waals surface area (Å²) in [4.78, 5) is 12.9. The molecule has 0 saturated carbocycles. The predicted molar refractivity (Wildman–Crippen MR) is 74.3 cm³/mol. The van der Waals surface area contributed by atoms with Gasteiger partial charge in [0.15, 0.2) is 9.84 Å². The second kappa shape index (κ2) is 6.06. The molecule has 1 N–H and O–H groups in total. The van der Waals surface area contributed by atoms with Crippen molar-refractivity contribution >= 4 is 21.5 Å².